The summed E-state index contributed by atoms with van der Waals surface area (Å²) in [6.07, 6.45) is 0. The Morgan fingerprint density at radius 2 is 2.00 bits per heavy atom. The lowest BCUT2D eigenvalue weighted by Gasteiger charge is -2.14. The van der Waals surface area contributed by atoms with E-state index in [0.717, 1.165) is 11.3 Å². The van der Waals surface area contributed by atoms with Gasteiger partial charge in [0.25, 0.3) is 0 Å². The van der Waals surface area contributed by atoms with E-state index in [9.17, 15) is 14.4 Å². The third-order valence-corrected chi connectivity index (χ3v) is 3.88. The molecule has 0 saturated heterocycles. The average Bonchev–Trinajstić information content (AvgIpc) is 2.82. The number of carbonyl (C=O) groups is 3. The number of aromatic carboxylic acids is 1. The second-order valence-electron chi connectivity index (χ2n) is 4.27. The zero-order valence-corrected chi connectivity index (χ0v) is 12.9. The summed E-state index contributed by atoms with van der Waals surface area (Å²) in [6, 6.07) is -0.502. The van der Waals surface area contributed by atoms with Crippen molar-refractivity contribution in [2.45, 2.75) is 20.4 Å². The summed E-state index contributed by atoms with van der Waals surface area (Å²) in [7, 11) is 1.65. The number of nitrogens with one attached hydrogen (secondary N) is 2. The summed E-state index contributed by atoms with van der Waals surface area (Å²) in [6.45, 7) is 4.03. The highest BCUT2D eigenvalue weighted by atomic mass is 32.1. The third kappa shape index (κ3) is 5.03. The van der Waals surface area contributed by atoms with Crippen LogP contribution in [0, 0.1) is 6.92 Å². The zero-order chi connectivity index (χ0) is 16.0. The van der Waals surface area contributed by atoms with Crippen LogP contribution < -0.4 is 10.6 Å². The number of carboxylic acid groups (broad SMARTS) is 1. The maximum atomic E-state index is 11.5. The number of carboxylic acids is 1. The van der Waals surface area contributed by atoms with E-state index in [1.165, 1.54) is 4.90 Å². The number of aromatic nitrogens is 1. The van der Waals surface area contributed by atoms with Crippen LogP contribution >= 0.6 is 11.3 Å². The number of carbonyl (C=O) groups excluding carboxylic acids is 2. The first kappa shape index (κ1) is 16.9. The Morgan fingerprint density at radius 1 is 1.33 bits per heavy atom. The molecular formula is C12H18N4O4S. The van der Waals surface area contributed by atoms with E-state index in [-0.39, 0.29) is 23.9 Å². The third-order valence-electron chi connectivity index (χ3n) is 2.74. The molecule has 0 aliphatic heterocycles. The fourth-order valence-corrected chi connectivity index (χ4v) is 2.26. The van der Waals surface area contributed by atoms with Gasteiger partial charge in [0.2, 0.25) is 5.91 Å². The molecule has 0 radical (unpaired) electrons. The minimum absolute atomic E-state index is 0.0898. The highest BCUT2D eigenvalue weighted by Crippen LogP contribution is 2.17. The SMILES string of the molecule is CCN(C)C(=O)CNC(=O)NCc1nc(C)c(C(=O)O)s1. The summed E-state index contributed by atoms with van der Waals surface area (Å²) in [5.41, 5.74) is 0.421. The number of aryl methyl sites for hydroxylation is 1. The maximum absolute atomic E-state index is 11.5. The van der Waals surface area contributed by atoms with Gasteiger partial charge < -0.3 is 20.6 Å². The van der Waals surface area contributed by atoms with Crippen molar-refractivity contribution in [3.05, 3.63) is 15.6 Å². The molecule has 1 aromatic rings. The van der Waals surface area contributed by atoms with E-state index in [2.05, 4.69) is 15.6 Å². The Labute approximate surface area is 126 Å². The number of hydrogen-bond donors (Lipinski definition) is 3. The van der Waals surface area contributed by atoms with Crippen LogP contribution in [0.15, 0.2) is 0 Å². The van der Waals surface area contributed by atoms with E-state index in [4.69, 9.17) is 5.11 Å². The molecule has 0 unspecified atom stereocenters. The van der Waals surface area contributed by atoms with Crippen molar-refractivity contribution in [3.63, 3.8) is 0 Å². The first-order chi connectivity index (χ1) is 9.85. The first-order valence-corrected chi connectivity index (χ1v) is 7.12. The highest BCUT2D eigenvalue weighted by molar-refractivity contribution is 7.13. The van der Waals surface area contributed by atoms with Crippen molar-refractivity contribution < 1.29 is 19.5 Å². The van der Waals surface area contributed by atoms with Crippen LogP contribution in [0.25, 0.3) is 0 Å². The van der Waals surface area contributed by atoms with Gasteiger partial charge in [0.1, 0.15) is 9.88 Å². The van der Waals surface area contributed by atoms with Gasteiger partial charge in [-0.25, -0.2) is 14.6 Å². The van der Waals surface area contributed by atoms with Gasteiger partial charge in [-0.2, -0.15) is 0 Å². The summed E-state index contributed by atoms with van der Waals surface area (Å²) in [5.74, 6) is -1.22. The average molecular weight is 314 g/mol. The lowest BCUT2D eigenvalue weighted by molar-refractivity contribution is -0.128. The van der Waals surface area contributed by atoms with Gasteiger partial charge in [-0.05, 0) is 13.8 Å². The quantitative estimate of drug-likeness (QED) is 0.705. The second kappa shape index (κ2) is 7.58. The Morgan fingerprint density at radius 3 is 2.52 bits per heavy atom. The number of hydrogen-bond acceptors (Lipinski definition) is 5. The minimum atomic E-state index is -1.03. The molecule has 1 aromatic heterocycles. The molecule has 3 amide bonds. The van der Waals surface area contributed by atoms with E-state index in [1.807, 2.05) is 6.92 Å². The number of amides is 3. The van der Waals surface area contributed by atoms with E-state index < -0.39 is 12.0 Å². The normalized spacial score (nSPS) is 10.0. The Hall–Kier alpha value is -2.16. The Kier molecular flexibility index (Phi) is 6.10. The molecule has 0 saturated carbocycles. The van der Waals surface area contributed by atoms with Crippen molar-refractivity contribution in [1.29, 1.82) is 0 Å². The molecule has 3 N–H and O–H groups in total. The lowest BCUT2D eigenvalue weighted by atomic mass is 10.4. The molecule has 1 heterocycles. The van der Waals surface area contributed by atoms with Gasteiger partial charge in [-0.15, -0.1) is 11.3 Å². The number of urea groups is 1. The molecule has 21 heavy (non-hydrogen) atoms. The molecule has 0 aliphatic rings. The summed E-state index contributed by atoms with van der Waals surface area (Å²) >= 11 is 1.01. The maximum Gasteiger partial charge on any atom is 0.347 e. The van der Waals surface area contributed by atoms with Gasteiger partial charge in [-0.3, -0.25) is 4.79 Å². The second-order valence-corrected chi connectivity index (χ2v) is 5.36. The lowest BCUT2D eigenvalue weighted by Crippen LogP contribution is -2.42. The standard InChI is InChI=1S/C12H18N4O4S/c1-4-16(3)9(17)6-14-12(20)13-5-8-15-7(2)10(21-8)11(18)19/h4-6H2,1-3H3,(H,18,19)(H2,13,14,20). The van der Waals surface area contributed by atoms with Gasteiger partial charge in [-0.1, -0.05) is 0 Å². The minimum Gasteiger partial charge on any atom is -0.477 e. The van der Waals surface area contributed by atoms with Crippen LogP contribution in [-0.4, -0.2) is 53.0 Å². The topological polar surface area (TPSA) is 112 Å². The van der Waals surface area contributed by atoms with Gasteiger partial charge in [0, 0.05) is 13.6 Å². The smallest absolute Gasteiger partial charge is 0.347 e. The first-order valence-electron chi connectivity index (χ1n) is 6.30. The number of nitrogens with zero attached hydrogens (tertiary/aromatic N) is 2. The van der Waals surface area contributed by atoms with Crippen LogP contribution in [0.2, 0.25) is 0 Å². The predicted molar refractivity (Wildman–Crippen MR) is 77.4 cm³/mol. The zero-order valence-electron chi connectivity index (χ0n) is 12.1. The summed E-state index contributed by atoms with van der Waals surface area (Å²) < 4.78 is 0. The van der Waals surface area contributed by atoms with E-state index >= 15 is 0 Å². The molecule has 0 spiro atoms. The largest absolute Gasteiger partial charge is 0.477 e. The van der Waals surface area contributed by atoms with Crippen LogP contribution in [-0.2, 0) is 11.3 Å². The molecule has 9 heteroatoms. The van der Waals surface area contributed by atoms with E-state index in [0.29, 0.717) is 17.2 Å². The Bertz CT molecular complexity index is 543. The van der Waals surface area contributed by atoms with Gasteiger partial charge >= 0.3 is 12.0 Å². The monoisotopic (exact) mass is 314 g/mol. The molecule has 1 rings (SSSR count). The van der Waals surface area contributed by atoms with E-state index in [1.54, 1.807) is 14.0 Å². The van der Waals surface area contributed by atoms with Crippen molar-refractivity contribution in [2.75, 3.05) is 20.1 Å². The molecule has 0 bridgehead atoms. The molecule has 0 fully saturated rings. The van der Waals surface area contributed by atoms with Crippen LogP contribution in [0.4, 0.5) is 4.79 Å². The predicted octanol–water partition coefficient (Wildman–Crippen LogP) is 0.427. The summed E-state index contributed by atoms with van der Waals surface area (Å²) in [4.78, 5) is 39.6. The Balaban J connectivity index is 2.41. The molecule has 0 aliphatic carbocycles. The van der Waals surface area contributed by atoms with Crippen LogP contribution in [0.3, 0.4) is 0 Å². The molecular weight excluding hydrogens is 296 g/mol. The van der Waals surface area contributed by atoms with Crippen molar-refractivity contribution >= 4 is 29.2 Å². The molecule has 0 aromatic carbocycles. The summed E-state index contributed by atoms with van der Waals surface area (Å²) in [5, 5.41) is 14.4. The molecule has 116 valence electrons. The molecule has 0 atom stereocenters. The number of thiazole rings is 1. The number of rotatable bonds is 6. The van der Waals surface area contributed by atoms with Crippen molar-refractivity contribution in [3.8, 4) is 0 Å². The number of likely N-dealkylation sites (N-methyl/N-ethyl adjacent to an activating group) is 1. The highest BCUT2D eigenvalue weighted by Gasteiger charge is 2.14. The molecule has 8 nitrogen and oxygen atoms in total. The van der Waals surface area contributed by atoms with Gasteiger partial charge in [0.15, 0.2) is 0 Å². The van der Waals surface area contributed by atoms with Crippen LogP contribution in [0.1, 0.15) is 27.3 Å². The fourth-order valence-electron chi connectivity index (χ4n) is 1.41. The van der Waals surface area contributed by atoms with Crippen LogP contribution in [0.5, 0.6) is 0 Å². The van der Waals surface area contributed by atoms with Crippen molar-refractivity contribution in [2.24, 2.45) is 0 Å². The fraction of sp³-hybridized carbons (Fsp3) is 0.500. The van der Waals surface area contributed by atoms with Gasteiger partial charge in [0.05, 0.1) is 18.8 Å². The van der Waals surface area contributed by atoms with Crippen molar-refractivity contribution in [1.82, 2.24) is 20.5 Å².